The molecule has 1 fully saturated rings. The van der Waals surface area contributed by atoms with Gasteiger partial charge in [0.05, 0.1) is 12.2 Å². The van der Waals surface area contributed by atoms with Gasteiger partial charge in [-0.2, -0.15) is 0 Å². The van der Waals surface area contributed by atoms with E-state index < -0.39 is 6.10 Å². The first-order chi connectivity index (χ1) is 6.09. The number of aliphatic hydroxyl groups is 1. The quantitative estimate of drug-likeness (QED) is 0.353. The molecule has 0 amide bonds. The number of hydrogen-bond acceptors (Lipinski definition) is 4. The summed E-state index contributed by atoms with van der Waals surface area (Å²) in [6.45, 7) is 1.82. The van der Waals surface area contributed by atoms with Crippen LogP contribution in [0.25, 0.3) is 0 Å². The largest absolute Gasteiger partial charge is 0.390 e. The Bertz CT molecular complexity index is 207. The van der Waals surface area contributed by atoms with E-state index >= 15 is 0 Å². The molecular formula is C8H15N3O2. The summed E-state index contributed by atoms with van der Waals surface area (Å²) in [5.41, 5.74) is 5.10. The van der Waals surface area contributed by atoms with Gasteiger partial charge in [-0.3, -0.25) is 5.41 Å². The Hall–Kier alpha value is -1.07. The summed E-state index contributed by atoms with van der Waals surface area (Å²) in [5.74, 6) is -0.0147. The molecule has 5 nitrogen and oxygen atoms in total. The number of nitrogens with one attached hydrogen (secondary N) is 2. The zero-order chi connectivity index (χ0) is 9.84. The maximum atomic E-state index is 9.32. The fourth-order valence-corrected chi connectivity index (χ4v) is 1.17. The van der Waals surface area contributed by atoms with Crippen LogP contribution in [0, 0.1) is 5.41 Å². The molecule has 1 saturated heterocycles. The number of aliphatic hydroxyl groups excluding tert-OH is 1. The van der Waals surface area contributed by atoms with Gasteiger partial charge in [-0.1, -0.05) is 0 Å². The minimum Gasteiger partial charge on any atom is -0.390 e. The van der Waals surface area contributed by atoms with Gasteiger partial charge in [0.1, 0.15) is 12.1 Å². The molecule has 0 aromatic carbocycles. The number of amidine groups is 1. The number of nitrogens with two attached hydrogens (primary N) is 1. The molecule has 13 heavy (non-hydrogen) atoms. The summed E-state index contributed by atoms with van der Waals surface area (Å²) in [4.78, 5) is 0. The Labute approximate surface area is 77.1 Å². The average Bonchev–Trinajstić information content (AvgIpc) is 2.30. The predicted molar refractivity (Wildman–Crippen MR) is 49.1 cm³/mol. The molecule has 1 aliphatic rings. The van der Waals surface area contributed by atoms with Crippen LogP contribution in [-0.4, -0.2) is 29.4 Å². The van der Waals surface area contributed by atoms with Crippen LogP contribution in [0.15, 0.2) is 12.3 Å². The average molecular weight is 185 g/mol. The monoisotopic (exact) mass is 185 g/mol. The third kappa shape index (κ3) is 3.04. The van der Waals surface area contributed by atoms with Crippen LogP contribution < -0.4 is 11.1 Å². The highest BCUT2D eigenvalue weighted by atomic mass is 16.5. The van der Waals surface area contributed by atoms with Gasteiger partial charge in [0, 0.05) is 12.6 Å². The van der Waals surface area contributed by atoms with Gasteiger partial charge in [-0.25, -0.2) is 0 Å². The molecular weight excluding hydrogens is 170 g/mol. The summed E-state index contributed by atoms with van der Waals surface area (Å²) in [6, 6.07) is 0. The smallest absolute Gasteiger partial charge is 0.130 e. The molecule has 0 aromatic rings. The minimum absolute atomic E-state index is 0.0147. The van der Waals surface area contributed by atoms with Crippen molar-refractivity contribution in [2.45, 2.75) is 31.8 Å². The second-order valence-electron chi connectivity index (χ2n) is 3.09. The van der Waals surface area contributed by atoms with E-state index in [4.69, 9.17) is 15.9 Å². The normalized spacial score (nSPS) is 33.8. The van der Waals surface area contributed by atoms with Gasteiger partial charge in [-0.15, -0.1) is 0 Å². The highest BCUT2D eigenvalue weighted by molar-refractivity contribution is 5.88. The van der Waals surface area contributed by atoms with Crippen molar-refractivity contribution in [2.24, 2.45) is 5.73 Å². The molecule has 3 atom stereocenters. The molecule has 1 heterocycles. The van der Waals surface area contributed by atoms with Gasteiger partial charge in [0.2, 0.25) is 0 Å². The van der Waals surface area contributed by atoms with Crippen LogP contribution in [0.2, 0.25) is 0 Å². The predicted octanol–water partition coefficient (Wildman–Crippen LogP) is -0.479. The number of hydrogen-bond donors (Lipinski definition) is 4. The second kappa shape index (κ2) is 4.25. The summed E-state index contributed by atoms with van der Waals surface area (Å²) in [5, 5.41) is 19.1. The zero-order valence-corrected chi connectivity index (χ0v) is 7.53. The van der Waals surface area contributed by atoms with Crippen LogP contribution in [0.5, 0.6) is 0 Å². The van der Waals surface area contributed by atoms with Gasteiger partial charge in [0.25, 0.3) is 0 Å². The zero-order valence-electron chi connectivity index (χ0n) is 7.53. The Morgan fingerprint density at radius 3 is 2.92 bits per heavy atom. The van der Waals surface area contributed by atoms with Crippen LogP contribution in [0.4, 0.5) is 0 Å². The second-order valence-corrected chi connectivity index (χ2v) is 3.09. The molecule has 1 aliphatic heterocycles. The molecule has 5 N–H and O–H groups in total. The fourth-order valence-electron chi connectivity index (χ4n) is 1.17. The van der Waals surface area contributed by atoms with E-state index in [2.05, 4.69) is 5.32 Å². The summed E-state index contributed by atoms with van der Waals surface area (Å²) >= 11 is 0. The molecule has 1 rings (SSSR count). The van der Waals surface area contributed by atoms with Crippen molar-refractivity contribution in [3.63, 3.8) is 0 Å². The number of rotatable bonds is 3. The lowest BCUT2D eigenvalue weighted by atomic mass is 10.2. The first-order valence-electron chi connectivity index (χ1n) is 4.19. The van der Waals surface area contributed by atoms with E-state index in [1.54, 1.807) is 6.20 Å². The highest BCUT2D eigenvalue weighted by Gasteiger charge is 2.29. The van der Waals surface area contributed by atoms with E-state index in [1.807, 2.05) is 6.92 Å². The maximum Gasteiger partial charge on any atom is 0.130 e. The number of ether oxygens (including phenoxy) is 1. The summed E-state index contributed by atoms with van der Waals surface area (Å²) in [7, 11) is 0. The van der Waals surface area contributed by atoms with Crippen molar-refractivity contribution in [3.05, 3.63) is 12.3 Å². The van der Waals surface area contributed by atoms with Gasteiger partial charge < -0.3 is 20.9 Å². The van der Waals surface area contributed by atoms with Crippen LogP contribution in [0.1, 0.15) is 13.3 Å². The van der Waals surface area contributed by atoms with Crippen LogP contribution >= 0.6 is 0 Å². The Kier molecular flexibility index (Phi) is 3.27. The Morgan fingerprint density at radius 1 is 1.77 bits per heavy atom. The van der Waals surface area contributed by atoms with Crippen molar-refractivity contribution in [2.75, 3.05) is 0 Å². The third-order valence-corrected chi connectivity index (χ3v) is 1.92. The summed E-state index contributed by atoms with van der Waals surface area (Å²) in [6.07, 6.45) is 2.81. The minimum atomic E-state index is -0.414. The molecule has 74 valence electrons. The summed E-state index contributed by atoms with van der Waals surface area (Å²) < 4.78 is 5.33. The van der Waals surface area contributed by atoms with Gasteiger partial charge >= 0.3 is 0 Å². The molecule has 0 spiro atoms. The highest BCUT2D eigenvalue weighted by Crippen LogP contribution is 2.17. The van der Waals surface area contributed by atoms with E-state index in [0.29, 0.717) is 6.42 Å². The molecule has 0 aliphatic carbocycles. The molecule has 0 aromatic heterocycles. The molecule has 0 saturated carbocycles. The molecule has 0 radical (unpaired) electrons. The first-order valence-corrected chi connectivity index (χ1v) is 4.19. The van der Waals surface area contributed by atoms with Crippen molar-refractivity contribution in [3.8, 4) is 0 Å². The van der Waals surface area contributed by atoms with E-state index in [0.717, 1.165) is 0 Å². The van der Waals surface area contributed by atoms with E-state index in [9.17, 15) is 5.11 Å². The lowest BCUT2D eigenvalue weighted by molar-refractivity contribution is 0.0150. The van der Waals surface area contributed by atoms with Crippen molar-refractivity contribution in [1.82, 2.24) is 5.32 Å². The topological polar surface area (TPSA) is 91.4 Å². The lowest BCUT2D eigenvalue weighted by Crippen LogP contribution is -2.24. The van der Waals surface area contributed by atoms with Gasteiger partial charge in [0.15, 0.2) is 0 Å². The Balaban J connectivity index is 2.28. The SMILES string of the molecule is C[C@H]1O[C@@H](N/C=C\C(=N)N)C[C@H]1O. The van der Waals surface area contributed by atoms with Crippen LogP contribution in [0.3, 0.4) is 0 Å². The van der Waals surface area contributed by atoms with Crippen LogP contribution in [-0.2, 0) is 4.74 Å². The van der Waals surface area contributed by atoms with E-state index in [1.165, 1.54) is 6.08 Å². The fraction of sp³-hybridized carbons (Fsp3) is 0.625. The first kappa shape index (κ1) is 10.0. The maximum absolute atomic E-state index is 9.32. The van der Waals surface area contributed by atoms with Crippen molar-refractivity contribution < 1.29 is 9.84 Å². The van der Waals surface area contributed by atoms with E-state index in [-0.39, 0.29) is 18.2 Å². The molecule has 5 heteroatoms. The molecule has 0 bridgehead atoms. The Morgan fingerprint density at radius 2 is 2.46 bits per heavy atom. The van der Waals surface area contributed by atoms with Gasteiger partial charge in [-0.05, 0) is 13.0 Å². The van der Waals surface area contributed by atoms with Crippen molar-refractivity contribution >= 4 is 5.84 Å². The third-order valence-electron chi connectivity index (χ3n) is 1.92. The van der Waals surface area contributed by atoms with Crippen molar-refractivity contribution in [1.29, 1.82) is 5.41 Å². The standard InChI is InChI=1S/C8H15N3O2/c1-5-6(12)4-8(13-5)11-3-2-7(9)10/h2-3,5-6,8,11-12H,4H2,1H3,(H3,9,10)/b3-2-/t5-,6-,8-/m1/s1. The molecule has 0 unspecified atom stereocenters. The lowest BCUT2D eigenvalue weighted by Gasteiger charge is -2.09.